The van der Waals surface area contributed by atoms with Crippen LogP contribution in [0.3, 0.4) is 0 Å². The summed E-state index contributed by atoms with van der Waals surface area (Å²) in [5, 5.41) is 0. The Morgan fingerprint density at radius 2 is 2.19 bits per heavy atom. The Labute approximate surface area is 134 Å². The van der Waals surface area contributed by atoms with E-state index in [0.717, 1.165) is 29.0 Å². The predicted molar refractivity (Wildman–Crippen MR) is 84.2 cm³/mol. The summed E-state index contributed by atoms with van der Waals surface area (Å²) in [6, 6.07) is 6.99. The number of benzene rings is 1. The minimum atomic E-state index is -0.293. The average Bonchev–Trinajstić information content (AvgIpc) is 3.06. The van der Waals surface area contributed by atoms with Crippen molar-refractivity contribution in [3.63, 3.8) is 0 Å². The number of hydrogen-bond acceptors (Lipinski definition) is 2. The molecule has 0 bridgehead atoms. The maximum absolute atomic E-state index is 13.8. The zero-order chi connectivity index (χ0) is 14.8. The highest BCUT2D eigenvalue weighted by atomic mass is 79.9. The summed E-state index contributed by atoms with van der Waals surface area (Å²) < 4.78 is 21.6. The van der Waals surface area contributed by atoms with Crippen molar-refractivity contribution in [2.24, 2.45) is 0 Å². The van der Waals surface area contributed by atoms with E-state index in [1.54, 1.807) is 12.3 Å². The molecule has 110 valence electrons. The minimum Gasteiger partial charge on any atom is -0.469 e. The molecule has 3 aromatic rings. The largest absolute Gasteiger partial charge is 0.469 e. The van der Waals surface area contributed by atoms with Gasteiger partial charge in [0.2, 0.25) is 0 Å². The molecule has 0 unspecified atom stereocenters. The Balaban J connectivity index is 2.00. The molecule has 0 fully saturated rings. The monoisotopic (exact) mass is 370 g/mol. The minimum absolute atomic E-state index is 0.293. The highest BCUT2D eigenvalue weighted by Crippen LogP contribution is 2.25. The van der Waals surface area contributed by atoms with Crippen molar-refractivity contribution in [1.82, 2.24) is 9.55 Å². The maximum atomic E-state index is 13.8. The summed E-state index contributed by atoms with van der Waals surface area (Å²) in [7, 11) is 0. The third kappa shape index (κ3) is 2.99. The second-order valence-corrected chi connectivity index (χ2v) is 5.94. The molecule has 0 saturated heterocycles. The zero-order valence-corrected chi connectivity index (χ0v) is 13.5. The first-order chi connectivity index (χ1) is 10.2. The van der Waals surface area contributed by atoms with E-state index >= 15 is 0 Å². The van der Waals surface area contributed by atoms with Crippen molar-refractivity contribution in [2.75, 3.05) is 5.88 Å². The molecule has 0 saturated carbocycles. The van der Waals surface area contributed by atoms with Gasteiger partial charge in [0, 0.05) is 31.3 Å². The SMILES string of the molecule is Fc1cc2c(cc1Br)nc(CCCl)n2CCc1ccco1. The molecule has 21 heavy (non-hydrogen) atoms. The number of fused-ring (bicyclic) bond motifs is 1. The van der Waals surface area contributed by atoms with Crippen molar-refractivity contribution >= 4 is 38.6 Å². The van der Waals surface area contributed by atoms with Gasteiger partial charge in [0.25, 0.3) is 0 Å². The van der Waals surface area contributed by atoms with E-state index in [-0.39, 0.29) is 5.82 Å². The number of nitrogens with zero attached hydrogens (tertiary/aromatic N) is 2. The smallest absolute Gasteiger partial charge is 0.139 e. The topological polar surface area (TPSA) is 31.0 Å². The average molecular weight is 372 g/mol. The molecule has 1 aromatic carbocycles. The fourth-order valence-corrected chi connectivity index (χ4v) is 2.87. The molecule has 2 heterocycles. The van der Waals surface area contributed by atoms with Crippen LogP contribution in [0.15, 0.2) is 39.4 Å². The van der Waals surface area contributed by atoms with Crippen LogP contribution in [0.1, 0.15) is 11.6 Å². The summed E-state index contributed by atoms with van der Waals surface area (Å²) in [6.07, 6.45) is 3.02. The lowest BCUT2D eigenvalue weighted by Gasteiger charge is -2.07. The van der Waals surface area contributed by atoms with Crippen LogP contribution < -0.4 is 0 Å². The predicted octanol–water partition coefficient (Wildman–Crippen LogP) is 4.55. The quantitative estimate of drug-likeness (QED) is 0.616. The fraction of sp³-hybridized carbons (Fsp3) is 0.267. The Morgan fingerprint density at radius 3 is 2.90 bits per heavy atom. The molecule has 0 radical (unpaired) electrons. The summed E-state index contributed by atoms with van der Waals surface area (Å²) in [4.78, 5) is 4.56. The van der Waals surface area contributed by atoms with Crippen molar-refractivity contribution in [1.29, 1.82) is 0 Å². The molecule has 3 nitrogen and oxygen atoms in total. The Morgan fingerprint density at radius 1 is 1.33 bits per heavy atom. The highest BCUT2D eigenvalue weighted by Gasteiger charge is 2.13. The molecule has 0 aliphatic carbocycles. The molecule has 0 atom stereocenters. The van der Waals surface area contributed by atoms with Crippen LogP contribution in [0.25, 0.3) is 11.0 Å². The van der Waals surface area contributed by atoms with Gasteiger partial charge in [0.05, 0.1) is 21.8 Å². The van der Waals surface area contributed by atoms with E-state index in [2.05, 4.69) is 20.9 Å². The summed E-state index contributed by atoms with van der Waals surface area (Å²) in [5.41, 5.74) is 1.55. The third-order valence-electron chi connectivity index (χ3n) is 3.35. The van der Waals surface area contributed by atoms with E-state index in [0.29, 0.717) is 23.3 Å². The first-order valence-corrected chi connectivity index (χ1v) is 7.94. The molecular weight excluding hydrogens is 359 g/mol. The second-order valence-electron chi connectivity index (χ2n) is 4.70. The van der Waals surface area contributed by atoms with Gasteiger partial charge in [-0.2, -0.15) is 0 Å². The number of aryl methyl sites for hydroxylation is 3. The summed E-state index contributed by atoms with van der Waals surface area (Å²) in [6.45, 7) is 0.678. The number of halogens is 3. The van der Waals surface area contributed by atoms with Crippen molar-refractivity contribution < 1.29 is 8.81 Å². The molecule has 3 rings (SSSR count). The summed E-state index contributed by atoms with van der Waals surface area (Å²) >= 11 is 9.04. The van der Waals surface area contributed by atoms with Gasteiger partial charge in [-0.1, -0.05) is 0 Å². The van der Waals surface area contributed by atoms with Crippen LogP contribution in [0.4, 0.5) is 4.39 Å². The van der Waals surface area contributed by atoms with Crippen LogP contribution in [0, 0.1) is 5.82 Å². The summed E-state index contributed by atoms with van der Waals surface area (Å²) in [5.74, 6) is 1.95. The molecule has 0 N–H and O–H groups in total. The third-order valence-corrected chi connectivity index (χ3v) is 4.15. The second kappa shape index (κ2) is 6.20. The number of rotatable bonds is 5. The van der Waals surface area contributed by atoms with Crippen LogP contribution in [0.5, 0.6) is 0 Å². The van der Waals surface area contributed by atoms with Crippen molar-refractivity contribution in [2.45, 2.75) is 19.4 Å². The molecular formula is C15H13BrClFN2O. The van der Waals surface area contributed by atoms with Gasteiger partial charge in [-0.15, -0.1) is 11.6 Å². The van der Waals surface area contributed by atoms with E-state index in [1.165, 1.54) is 6.07 Å². The lowest BCUT2D eigenvalue weighted by Crippen LogP contribution is -2.06. The van der Waals surface area contributed by atoms with E-state index < -0.39 is 0 Å². The molecule has 0 aliphatic heterocycles. The Hall–Kier alpha value is -1.33. The van der Waals surface area contributed by atoms with Gasteiger partial charge in [0.15, 0.2) is 0 Å². The van der Waals surface area contributed by atoms with Gasteiger partial charge < -0.3 is 8.98 Å². The van der Waals surface area contributed by atoms with Gasteiger partial charge in [-0.25, -0.2) is 9.37 Å². The Bertz CT molecular complexity index is 755. The van der Waals surface area contributed by atoms with Gasteiger partial charge in [-0.3, -0.25) is 0 Å². The number of hydrogen-bond donors (Lipinski definition) is 0. The molecule has 2 aromatic heterocycles. The molecule has 0 aliphatic rings. The van der Waals surface area contributed by atoms with Gasteiger partial charge in [0.1, 0.15) is 17.4 Å². The standard InChI is InChI=1S/C15H13BrClFN2O/c16-11-8-13-14(9-12(11)18)20(15(19-13)3-5-17)6-4-10-2-1-7-21-10/h1-2,7-9H,3-6H2. The molecule has 6 heteroatoms. The normalized spacial score (nSPS) is 11.4. The number of imidazole rings is 1. The fourth-order valence-electron chi connectivity index (χ4n) is 2.37. The lowest BCUT2D eigenvalue weighted by molar-refractivity contribution is 0.490. The van der Waals surface area contributed by atoms with Crippen molar-refractivity contribution in [3.05, 3.63) is 52.4 Å². The zero-order valence-electron chi connectivity index (χ0n) is 11.2. The first kappa shape index (κ1) is 14.6. The highest BCUT2D eigenvalue weighted by molar-refractivity contribution is 9.10. The van der Waals surface area contributed by atoms with Crippen LogP contribution >= 0.6 is 27.5 Å². The van der Waals surface area contributed by atoms with Gasteiger partial charge in [-0.05, 0) is 34.1 Å². The van der Waals surface area contributed by atoms with Crippen LogP contribution in [-0.4, -0.2) is 15.4 Å². The first-order valence-electron chi connectivity index (χ1n) is 6.61. The van der Waals surface area contributed by atoms with E-state index in [1.807, 2.05) is 16.7 Å². The van der Waals surface area contributed by atoms with Crippen molar-refractivity contribution in [3.8, 4) is 0 Å². The lowest BCUT2D eigenvalue weighted by atomic mass is 10.3. The van der Waals surface area contributed by atoms with E-state index in [9.17, 15) is 4.39 Å². The molecule has 0 amide bonds. The molecule has 0 spiro atoms. The van der Waals surface area contributed by atoms with Crippen LogP contribution in [-0.2, 0) is 19.4 Å². The maximum Gasteiger partial charge on any atom is 0.139 e. The number of alkyl halides is 1. The number of furan rings is 1. The van der Waals surface area contributed by atoms with Crippen LogP contribution in [0.2, 0.25) is 0 Å². The Kier molecular flexibility index (Phi) is 4.31. The number of aromatic nitrogens is 2. The van der Waals surface area contributed by atoms with E-state index in [4.69, 9.17) is 16.0 Å². The van der Waals surface area contributed by atoms with Gasteiger partial charge >= 0.3 is 0 Å².